The van der Waals surface area contributed by atoms with Gasteiger partial charge in [-0.2, -0.15) is 0 Å². The van der Waals surface area contributed by atoms with E-state index in [1.165, 1.54) is 0 Å². The summed E-state index contributed by atoms with van der Waals surface area (Å²) in [4.78, 5) is 22.0. The number of nitrogens with zero attached hydrogens (tertiary/aromatic N) is 3. The molecule has 1 fully saturated rings. The quantitative estimate of drug-likeness (QED) is 0.745. The van der Waals surface area contributed by atoms with Gasteiger partial charge in [-0.3, -0.25) is 9.69 Å². The summed E-state index contributed by atoms with van der Waals surface area (Å²) < 4.78 is 11.8. The number of aromatic nitrogens is 1. The molecule has 30 heavy (non-hydrogen) atoms. The first-order valence-corrected chi connectivity index (χ1v) is 11.8. The number of hydrogen-bond acceptors (Lipinski definition) is 6. The minimum Gasteiger partial charge on any atom is -0.492 e. The third-order valence-electron chi connectivity index (χ3n) is 6.15. The summed E-state index contributed by atoms with van der Waals surface area (Å²) in [7, 11) is 1.80. The second-order valence-corrected chi connectivity index (χ2v) is 9.13. The van der Waals surface area contributed by atoms with Gasteiger partial charge in [0.25, 0.3) is 5.91 Å². The molecule has 6 nitrogen and oxygen atoms in total. The van der Waals surface area contributed by atoms with Crippen molar-refractivity contribution in [2.24, 2.45) is 5.92 Å². The van der Waals surface area contributed by atoms with Gasteiger partial charge in [0.05, 0.1) is 12.6 Å². The number of methoxy groups -OCH3 is 1. The van der Waals surface area contributed by atoms with E-state index in [0.717, 1.165) is 69.2 Å². The maximum Gasteiger partial charge on any atom is 0.254 e. The van der Waals surface area contributed by atoms with Crippen LogP contribution in [-0.4, -0.2) is 66.7 Å². The lowest BCUT2D eigenvalue weighted by Crippen LogP contribution is -2.46. The molecule has 3 heterocycles. The molecule has 0 aliphatic carbocycles. The van der Waals surface area contributed by atoms with Gasteiger partial charge in [0, 0.05) is 49.8 Å². The molecule has 2 aliphatic rings. The van der Waals surface area contributed by atoms with Crippen LogP contribution in [0.2, 0.25) is 0 Å². The standard InChI is InChI=1S/C23H31N3O3S/c1-28-21-8-11-26-16-19(21)5-2-3-10-25(17-22-24-9-14-30-22)12-13-29-20-7-4-6-18(15-20)23(26)27/h4,6-7,9,14-15,19,21H,2-3,5,8,10-13,16-17H2,1H3/t19-,21+/m0/s1. The van der Waals surface area contributed by atoms with E-state index in [2.05, 4.69) is 9.88 Å². The topological polar surface area (TPSA) is 54.9 Å². The lowest BCUT2D eigenvalue weighted by molar-refractivity contribution is -0.00676. The Kier molecular flexibility index (Phi) is 7.36. The Hall–Kier alpha value is -1.96. The Labute approximate surface area is 182 Å². The molecule has 2 aromatic rings. The van der Waals surface area contributed by atoms with Gasteiger partial charge in [0.1, 0.15) is 17.4 Å². The van der Waals surface area contributed by atoms with E-state index in [1.54, 1.807) is 18.4 Å². The van der Waals surface area contributed by atoms with E-state index in [1.807, 2.05) is 40.7 Å². The summed E-state index contributed by atoms with van der Waals surface area (Å²) >= 11 is 1.70. The largest absolute Gasteiger partial charge is 0.492 e. The van der Waals surface area contributed by atoms with Crippen molar-refractivity contribution in [2.75, 3.05) is 39.9 Å². The summed E-state index contributed by atoms with van der Waals surface area (Å²) in [6.07, 6.45) is 6.36. The zero-order valence-electron chi connectivity index (χ0n) is 17.7. The lowest BCUT2D eigenvalue weighted by Gasteiger charge is -2.38. The molecule has 7 heteroatoms. The van der Waals surface area contributed by atoms with Crippen molar-refractivity contribution in [2.45, 2.75) is 38.3 Å². The molecule has 1 aromatic heterocycles. The number of fused-ring (bicyclic) bond motifs is 4. The number of hydrogen-bond donors (Lipinski definition) is 0. The molecule has 162 valence electrons. The number of amides is 1. The molecular formula is C23H31N3O3S. The Bertz CT molecular complexity index is 814. The second kappa shape index (κ2) is 10.4. The highest BCUT2D eigenvalue weighted by Gasteiger charge is 2.31. The summed E-state index contributed by atoms with van der Waals surface area (Å²) in [5.74, 6) is 1.25. The average Bonchev–Trinajstić information content (AvgIpc) is 3.28. The first-order valence-electron chi connectivity index (χ1n) is 10.9. The van der Waals surface area contributed by atoms with Crippen LogP contribution in [0, 0.1) is 5.92 Å². The van der Waals surface area contributed by atoms with E-state index in [0.29, 0.717) is 18.1 Å². The molecule has 1 saturated heterocycles. The van der Waals surface area contributed by atoms with Crippen LogP contribution >= 0.6 is 11.3 Å². The fraction of sp³-hybridized carbons (Fsp3) is 0.565. The molecule has 1 amide bonds. The zero-order chi connectivity index (χ0) is 20.8. The Morgan fingerprint density at radius 3 is 3.00 bits per heavy atom. The maximum absolute atomic E-state index is 13.1. The SMILES string of the molecule is CO[C@@H]1CCN2C[C@@H]1CCCCN(Cc1nccs1)CCOc1cccc(c1)C2=O. The number of rotatable bonds is 3. The van der Waals surface area contributed by atoms with Gasteiger partial charge in [-0.15, -0.1) is 11.3 Å². The van der Waals surface area contributed by atoms with Gasteiger partial charge < -0.3 is 14.4 Å². The minimum absolute atomic E-state index is 0.0975. The van der Waals surface area contributed by atoms with Gasteiger partial charge in [0.2, 0.25) is 0 Å². The average molecular weight is 430 g/mol. The smallest absolute Gasteiger partial charge is 0.254 e. The predicted octanol–water partition coefficient (Wildman–Crippen LogP) is 3.69. The number of carbonyl (C=O) groups is 1. The molecule has 2 aliphatic heterocycles. The van der Waals surface area contributed by atoms with Gasteiger partial charge >= 0.3 is 0 Å². The van der Waals surface area contributed by atoms with E-state index in [9.17, 15) is 4.79 Å². The van der Waals surface area contributed by atoms with Gasteiger partial charge in [0.15, 0.2) is 0 Å². The van der Waals surface area contributed by atoms with Gasteiger partial charge in [-0.25, -0.2) is 4.98 Å². The lowest BCUT2D eigenvalue weighted by atomic mass is 9.89. The summed E-state index contributed by atoms with van der Waals surface area (Å²) in [5, 5.41) is 3.17. The molecule has 2 atom stereocenters. The first kappa shape index (κ1) is 21.3. The third-order valence-corrected chi connectivity index (χ3v) is 6.92. The van der Waals surface area contributed by atoms with Gasteiger partial charge in [-0.1, -0.05) is 12.5 Å². The Morgan fingerprint density at radius 1 is 1.23 bits per heavy atom. The predicted molar refractivity (Wildman–Crippen MR) is 118 cm³/mol. The monoisotopic (exact) mass is 429 g/mol. The number of benzene rings is 1. The van der Waals surface area contributed by atoms with Crippen molar-refractivity contribution in [1.29, 1.82) is 0 Å². The summed E-state index contributed by atoms with van der Waals surface area (Å²) in [6, 6.07) is 7.61. The first-order chi connectivity index (χ1) is 14.7. The molecular weight excluding hydrogens is 398 g/mol. The van der Waals surface area contributed by atoms with Crippen molar-refractivity contribution < 1.29 is 14.3 Å². The van der Waals surface area contributed by atoms with E-state index < -0.39 is 0 Å². The molecule has 0 saturated carbocycles. The highest BCUT2D eigenvalue weighted by molar-refractivity contribution is 7.09. The van der Waals surface area contributed by atoms with Crippen LogP contribution < -0.4 is 4.74 Å². The minimum atomic E-state index is 0.0975. The second-order valence-electron chi connectivity index (χ2n) is 8.15. The van der Waals surface area contributed by atoms with E-state index in [4.69, 9.17) is 9.47 Å². The van der Waals surface area contributed by atoms with Gasteiger partial charge in [-0.05, 0) is 44.0 Å². The highest BCUT2D eigenvalue weighted by Crippen LogP contribution is 2.27. The normalized spacial score (nSPS) is 24.0. The van der Waals surface area contributed by atoms with Crippen molar-refractivity contribution in [3.8, 4) is 5.75 Å². The fourth-order valence-electron chi connectivity index (χ4n) is 4.51. The van der Waals surface area contributed by atoms with Crippen LogP contribution in [0.4, 0.5) is 0 Å². The number of carbonyl (C=O) groups excluding carboxylic acids is 1. The Morgan fingerprint density at radius 2 is 2.17 bits per heavy atom. The molecule has 0 unspecified atom stereocenters. The molecule has 0 spiro atoms. The van der Waals surface area contributed by atoms with Crippen LogP contribution in [0.1, 0.15) is 41.0 Å². The highest BCUT2D eigenvalue weighted by atomic mass is 32.1. The van der Waals surface area contributed by atoms with Crippen LogP contribution in [0.15, 0.2) is 35.8 Å². The fourth-order valence-corrected chi connectivity index (χ4v) is 5.17. The van der Waals surface area contributed by atoms with E-state index >= 15 is 0 Å². The van der Waals surface area contributed by atoms with Crippen LogP contribution in [0.25, 0.3) is 0 Å². The number of ether oxygens (including phenoxy) is 2. The third kappa shape index (κ3) is 5.39. The van der Waals surface area contributed by atoms with Crippen LogP contribution in [0.3, 0.4) is 0 Å². The number of piperidine rings is 1. The van der Waals surface area contributed by atoms with Crippen molar-refractivity contribution in [3.63, 3.8) is 0 Å². The van der Waals surface area contributed by atoms with Crippen molar-refractivity contribution >= 4 is 17.2 Å². The van der Waals surface area contributed by atoms with Crippen molar-refractivity contribution in [3.05, 3.63) is 46.4 Å². The Balaban J connectivity index is 1.50. The van der Waals surface area contributed by atoms with Crippen molar-refractivity contribution in [1.82, 2.24) is 14.8 Å². The molecule has 4 rings (SSSR count). The summed E-state index contributed by atoms with van der Waals surface area (Å²) in [6.45, 7) is 4.84. The molecule has 0 radical (unpaired) electrons. The zero-order valence-corrected chi connectivity index (χ0v) is 18.5. The van der Waals surface area contributed by atoms with Crippen LogP contribution in [-0.2, 0) is 11.3 Å². The molecule has 0 N–H and O–H groups in total. The molecule has 1 aromatic carbocycles. The van der Waals surface area contributed by atoms with Crippen LogP contribution in [0.5, 0.6) is 5.75 Å². The summed E-state index contributed by atoms with van der Waals surface area (Å²) in [5.41, 5.74) is 0.705. The maximum atomic E-state index is 13.1. The molecule has 4 bridgehead atoms. The van der Waals surface area contributed by atoms with E-state index in [-0.39, 0.29) is 12.0 Å². The number of thiazole rings is 1.